The molecule has 132 valence electrons. The number of ether oxygens (including phenoxy) is 3. The molecule has 2 aromatic carbocycles. The van der Waals surface area contributed by atoms with Gasteiger partial charge >= 0.3 is 5.97 Å². The first-order chi connectivity index (χ1) is 12.0. The summed E-state index contributed by atoms with van der Waals surface area (Å²) in [5.74, 6) is -2.32. The Kier molecular flexibility index (Phi) is 6.27. The van der Waals surface area contributed by atoms with E-state index in [1.807, 2.05) is 6.07 Å². The number of rotatable bonds is 9. The van der Waals surface area contributed by atoms with E-state index in [-0.39, 0.29) is 18.8 Å². The average molecular weight is 344 g/mol. The number of benzene rings is 2. The van der Waals surface area contributed by atoms with Crippen LogP contribution in [-0.4, -0.2) is 37.7 Å². The Bertz CT molecular complexity index is 704. The zero-order valence-corrected chi connectivity index (χ0v) is 14.1. The zero-order valence-electron chi connectivity index (χ0n) is 14.1. The molecule has 0 bridgehead atoms. The highest BCUT2D eigenvalue weighted by Gasteiger charge is 2.41. The van der Waals surface area contributed by atoms with Gasteiger partial charge in [0.1, 0.15) is 5.75 Å². The predicted molar refractivity (Wildman–Crippen MR) is 90.7 cm³/mol. The van der Waals surface area contributed by atoms with Crippen molar-refractivity contribution in [3.63, 3.8) is 0 Å². The molecule has 6 heteroatoms. The number of ketones is 1. The van der Waals surface area contributed by atoms with E-state index in [1.165, 1.54) is 14.2 Å². The van der Waals surface area contributed by atoms with Crippen molar-refractivity contribution in [3.8, 4) is 5.75 Å². The minimum Gasteiger partial charge on any atom is -0.493 e. The molecule has 0 atom stereocenters. The van der Waals surface area contributed by atoms with Gasteiger partial charge in [-0.2, -0.15) is 0 Å². The minimum absolute atomic E-state index is 0.0668. The van der Waals surface area contributed by atoms with E-state index in [0.717, 1.165) is 0 Å². The van der Waals surface area contributed by atoms with Crippen LogP contribution in [0.2, 0.25) is 0 Å². The Labute approximate surface area is 146 Å². The molecule has 0 heterocycles. The summed E-state index contributed by atoms with van der Waals surface area (Å²) in [7, 11) is 2.81. The predicted octanol–water partition coefficient (Wildman–Crippen LogP) is 2.87. The van der Waals surface area contributed by atoms with Gasteiger partial charge in [0.2, 0.25) is 5.78 Å². The van der Waals surface area contributed by atoms with Gasteiger partial charge in [0.15, 0.2) is 0 Å². The van der Waals surface area contributed by atoms with Gasteiger partial charge in [0, 0.05) is 25.3 Å². The monoisotopic (exact) mass is 344 g/mol. The maximum absolute atomic E-state index is 12.9. The molecule has 0 saturated heterocycles. The van der Waals surface area contributed by atoms with Crippen LogP contribution in [0.15, 0.2) is 54.6 Å². The van der Waals surface area contributed by atoms with Gasteiger partial charge in [0.05, 0.1) is 13.0 Å². The van der Waals surface area contributed by atoms with Crippen molar-refractivity contribution in [2.75, 3.05) is 20.8 Å². The highest BCUT2D eigenvalue weighted by molar-refractivity contribution is 6.02. The highest BCUT2D eigenvalue weighted by Crippen LogP contribution is 2.31. The van der Waals surface area contributed by atoms with Crippen molar-refractivity contribution in [2.24, 2.45) is 0 Å². The van der Waals surface area contributed by atoms with Crippen molar-refractivity contribution in [3.05, 3.63) is 65.7 Å². The Morgan fingerprint density at radius 2 is 1.56 bits per heavy atom. The molecular weight excluding hydrogens is 324 g/mol. The largest absolute Gasteiger partial charge is 0.493 e. The lowest BCUT2D eigenvalue weighted by Crippen LogP contribution is -2.40. The fourth-order valence-corrected chi connectivity index (χ4v) is 2.44. The molecule has 6 nitrogen and oxygen atoms in total. The van der Waals surface area contributed by atoms with Crippen LogP contribution in [0, 0.1) is 0 Å². The van der Waals surface area contributed by atoms with Crippen LogP contribution in [0.4, 0.5) is 0 Å². The number of hydrogen-bond donors (Lipinski definition) is 1. The van der Waals surface area contributed by atoms with E-state index in [0.29, 0.717) is 16.9 Å². The molecule has 0 aliphatic rings. The SMILES string of the molecule is COC(OC)(C(=O)c1ccccc1)c1ccc(OCCC(=O)O)cc1. The number of carboxylic acid groups (broad SMARTS) is 1. The van der Waals surface area contributed by atoms with Crippen molar-refractivity contribution in [2.45, 2.75) is 12.2 Å². The summed E-state index contributed by atoms with van der Waals surface area (Å²) in [4.78, 5) is 23.4. The number of methoxy groups -OCH3 is 2. The second kappa shape index (κ2) is 8.41. The van der Waals surface area contributed by atoms with Crippen LogP contribution in [0.1, 0.15) is 22.3 Å². The molecule has 1 N–H and O–H groups in total. The summed E-state index contributed by atoms with van der Waals surface area (Å²) >= 11 is 0. The Morgan fingerprint density at radius 1 is 0.960 bits per heavy atom. The zero-order chi connectivity index (χ0) is 18.3. The van der Waals surface area contributed by atoms with Gasteiger partial charge in [-0.15, -0.1) is 0 Å². The standard InChI is InChI=1S/C19H20O6/c1-23-19(24-2,18(22)14-6-4-3-5-7-14)15-8-10-16(11-9-15)25-13-12-17(20)21/h3-11H,12-13H2,1-2H3,(H,20,21). The third-order valence-electron chi connectivity index (χ3n) is 3.73. The smallest absolute Gasteiger partial charge is 0.306 e. The summed E-state index contributed by atoms with van der Waals surface area (Å²) in [6.45, 7) is 0.0668. The maximum Gasteiger partial charge on any atom is 0.306 e. The third kappa shape index (κ3) is 4.23. The van der Waals surface area contributed by atoms with E-state index in [2.05, 4.69) is 0 Å². The molecule has 2 rings (SSSR count). The minimum atomic E-state index is -1.57. The molecule has 0 aromatic heterocycles. The second-order valence-corrected chi connectivity index (χ2v) is 5.24. The first-order valence-corrected chi connectivity index (χ1v) is 7.69. The number of carbonyl (C=O) groups is 2. The highest BCUT2D eigenvalue weighted by atomic mass is 16.7. The topological polar surface area (TPSA) is 82.1 Å². The summed E-state index contributed by atoms with van der Waals surface area (Å²) in [5, 5.41) is 8.62. The molecule has 0 fully saturated rings. The van der Waals surface area contributed by atoms with E-state index >= 15 is 0 Å². The lowest BCUT2D eigenvalue weighted by molar-refractivity contribution is -0.176. The van der Waals surface area contributed by atoms with E-state index in [1.54, 1.807) is 48.5 Å². The fourth-order valence-electron chi connectivity index (χ4n) is 2.44. The van der Waals surface area contributed by atoms with Crippen LogP contribution in [0.3, 0.4) is 0 Å². The van der Waals surface area contributed by atoms with Gasteiger partial charge in [0.25, 0.3) is 5.79 Å². The van der Waals surface area contributed by atoms with E-state index in [9.17, 15) is 9.59 Å². The molecule has 2 aromatic rings. The van der Waals surface area contributed by atoms with Crippen molar-refractivity contribution < 1.29 is 28.9 Å². The molecule has 0 amide bonds. The van der Waals surface area contributed by atoms with E-state index < -0.39 is 11.8 Å². The van der Waals surface area contributed by atoms with Gasteiger partial charge < -0.3 is 19.3 Å². The third-order valence-corrected chi connectivity index (χ3v) is 3.73. The first kappa shape index (κ1) is 18.6. The van der Waals surface area contributed by atoms with Gasteiger partial charge in [-0.05, 0) is 24.3 Å². The Morgan fingerprint density at radius 3 is 2.08 bits per heavy atom. The lowest BCUT2D eigenvalue weighted by Gasteiger charge is -2.29. The summed E-state index contributed by atoms with van der Waals surface area (Å²) < 4.78 is 16.3. The number of aliphatic carboxylic acids is 1. The molecule has 0 aliphatic heterocycles. The van der Waals surface area contributed by atoms with Crippen LogP contribution < -0.4 is 4.74 Å². The average Bonchev–Trinajstić information content (AvgIpc) is 2.64. The Balaban J connectivity index is 2.24. The molecule has 25 heavy (non-hydrogen) atoms. The lowest BCUT2D eigenvalue weighted by atomic mass is 9.95. The van der Waals surface area contributed by atoms with Crippen molar-refractivity contribution in [1.82, 2.24) is 0 Å². The van der Waals surface area contributed by atoms with Crippen LogP contribution in [-0.2, 0) is 20.1 Å². The quantitative estimate of drug-likeness (QED) is 0.556. The molecule has 0 radical (unpaired) electrons. The van der Waals surface area contributed by atoms with Gasteiger partial charge in [-0.25, -0.2) is 0 Å². The summed E-state index contributed by atoms with van der Waals surface area (Å²) in [5.41, 5.74) is 0.977. The normalized spacial score (nSPS) is 11.1. The van der Waals surface area contributed by atoms with Gasteiger partial charge in [-0.3, -0.25) is 9.59 Å². The van der Waals surface area contributed by atoms with Crippen LogP contribution >= 0.6 is 0 Å². The van der Waals surface area contributed by atoms with Crippen molar-refractivity contribution >= 4 is 11.8 Å². The number of carboxylic acids is 1. The van der Waals surface area contributed by atoms with Gasteiger partial charge in [-0.1, -0.05) is 30.3 Å². The Hall–Kier alpha value is -2.70. The molecule has 0 spiro atoms. The molecule has 0 aliphatic carbocycles. The fraction of sp³-hybridized carbons (Fsp3) is 0.263. The van der Waals surface area contributed by atoms with Crippen LogP contribution in [0.25, 0.3) is 0 Å². The number of carbonyl (C=O) groups excluding carboxylic acids is 1. The number of hydrogen-bond acceptors (Lipinski definition) is 5. The number of Topliss-reactive ketones (excluding diaryl/α,β-unsaturated/α-hetero) is 1. The maximum atomic E-state index is 12.9. The summed E-state index contributed by atoms with van der Waals surface area (Å²) in [6.07, 6.45) is -0.0890. The van der Waals surface area contributed by atoms with Crippen LogP contribution in [0.5, 0.6) is 5.75 Å². The molecular formula is C19H20O6. The second-order valence-electron chi connectivity index (χ2n) is 5.24. The first-order valence-electron chi connectivity index (χ1n) is 7.69. The molecule has 0 saturated carbocycles. The van der Waals surface area contributed by atoms with E-state index in [4.69, 9.17) is 19.3 Å². The molecule has 0 unspecified atom stereocenters. The summed E-state index contributed by atoms with van der Waals surface area (Å²) in [6, 6.07) is 15.3. The van der Waals surface area contributed by atoms with Crippen molar-refractivity contribution in [1.29, 1.82) is 0 Å².